The minimum Gasteiger partial charge on any atom is -0.466 e. The van der Waals surface area contributed by atoms with Crippen molar-refractivity contribution in [2.75, 3.05) is 32.8 Å². The average molecular weight is 355 g/mol. The SMILES string of the molecule is Cc1cc(C(=O)N2C[C@H]3COC[C@@H]2CN(Cc2ccccn2)C3)c(C)o1. The third-order valence-electron chi connectivity index (χ3n) is 5.19. The number of amides is 1. The lowest BCUT2D eigenvalue weighted by atomic mass is 10.1. The van der Waals surface area contributed by atoms with Gasteiger partial charge in [-0.05, 0) is 32.0 Å². The number of fused-ring (bicyclic) bond motifs is 3. The highest BCUT2D eigenvalue weighted by molar-refractivity contribution is 5.95. The number of pyridine rings is 1. The highest BCUT2D eigenvalue weighted by atomic mass is 16.5. The van der Waals surface area contributed by atoms with E-state index in [4.69, 9.17) is 9.15 Å². The molecule has 0 unspecified atom stereocenters. The van der Waals surface area contributed by atoms with Crippen LogP contribution in [-0.2, 0) is 11.3 Å². The van der Waals surface area contributed by atoms with E-state index in [0.717, 1.165) is 37.6 Å². The van der Waals surface area contributed by atoms with Gasteiger partial charge in [-0.3, -0.25) is 14.7 Å². The molecule has 4 heterocycles. The number of rotatable bonds is 3. The largest absolute Gasteiger partial charge is 0.466 e. The number of aromatic nitrogens is 1. The first-order valence-corrected chi connectivity index (χ1v) is 9.18. The molecule has 6 heteroatoms. The molecule has 0 N–H and O–H groups in total. The van der Waals surface area contributed by atoms with E-state index in [9.17, 15) is 4.79 Å². The van der Waals surface area contributed by atoms with E-state index >= 15 is 0 Å². The van der Waals surface area contributed by atoms with Gasteiger partial charge in [0, 0.05) is 38.3 Å². The van der Waals surface area contributed by atoms with Crippen molar-refractivity contribution in [3.63, 3.8) is 0 Å². The number of aryl methyl sites for hydroxylation is 2. The lowest BCUT2D eigenvalue weighted by Crippen LogP contribution is -2.46. The van der Waals surface area contributed by atoms with Crippen LogP contribution in [0.4, 0.5) is 0 Å². The Balaban J connectivity index is 1.55. The van der Waals surface area contributed by atoms with Crippen molar-refractivity contribution in [1.82, 2.24) is 14.8 Å². The molecule has 2 bridgehead atoms. The van der Waals surface area contributed by atoms with Crippen LogP contribution in [0.25, 0.3) is 0 Å². The van der Waals surface area contributed by atoms with Gasteiger partial charge in [-0.2, -0.15) is 0 Å². The summed E-state index contributed by atoms with van der Waals surface area (Å²) in [5.74, 6) is 1.83. The van der Waals surface area contributed by atoms with Crippen LogP contribution in [-0.4, -0.2) is 59.6 Å². The second kappa shape index (κ2) is 7.21. The minimum atomic E-state index is 0.0494. The zero-order valence-corrected chi connectivity index (χ0v) is 15.4. The van der Waals surface area contributed by atoms with Crippen LogP contribution in [0.5, 0.6) is 0 Å². The van der Waals surface area contributed by atoms with Gasteiger partial charge in [0.15, 0.2) is 0 Å². The number of hydrogen-bond donors (Lipinski definition) is 0. The topological polar surface area (TPSA) is 58.8 Å². The molecule has 2 aliphatic heterocycles. The van der Waals surface area contributed by atoms with E-state index in [-0.39, 0.29) is 11.9 Å². The van der Waals surface area contributed by atoms with Crippen molar-refractivity contribution in [2.45, 2.75) is 26.4 Å². The van der Waals surface area contributed by atoms with E-state index in [1.165, 1.54) is 0 Å². The van der Waals surface area contributed by atoms with Gasteiger partial charge in [0.1, 0.15) is 11.5 Å². The van der Waals surface area contributed by atoms with E-state index in [0.29, 0.717) is 30.5 Å². The molecule has 0 saturated carbocycles. The Labute approximate surface area is 153 Å². The molecule has 2 fully saturated rings. The zero-order valence-electron chi connectivity index (χ0n) is 15.4. The molecule has 26 heavy (non-hydrogen) atoms. The van der Waals surface area contributed by atoms with Crippen molar-refractivity contribution in [3.05, 3.63) is 53.2 Å². The smallest absolute Gasteiger partial charge is 0.257 e. The maximum atomic E-state index is 13.2. The van der Waals surface area contributed by atoms with Crippen LogP contribution in [0.15, 0.2) is 34.9 Å². The van der Waals surface area contributed by atoms with Crippen LogP contribution in [0, 0.1) is 19.8 Å². The summed E-state index contributed by atoms with van der Waals surface area (Å²) in [5.41, 5.74) is 1.74. The Kier molecular flexibility index (Phi) is 4.78. The molecule has 0 aliphatic carbocycles. The third kappa shape index (κ3) is 3.52. The van der Waals surface area contributed by atoms with Gasteiger partial charge in [0.25, 0.3) is 5.91 Å². The first-order chi connectivity index (χ1) is 12.6. The highest BCUT2D eigenvalue weighted by Gasteiger charge is 2.37. The van der Waals surface area contributed by atoms with Crippen molar-refractivity contribution in [1.29, 1.82) is 0 Å². The zero-order chi connectivity index (χ0) is 18.1. The van der Waals surface area contributed by atoms with Gasteiger partial charge < -0.3 is 14.1 Å². The predicted octanol–water partition coefficient (Wildman–Crippen LogP) is 2.26. The first-order valence-electron chi connectivity index (χ1n) is 9.18. The van der Waals surface area contributed by atoms with Gasteiger partial charge in [-0.15, -0.1) is 0 Å². The third-order valence-corrected chi connectivity index (χ3v) is 5.19. The van der Waals surface area contributed by atoms with Gasteiger partial charge in [0.05, 0.1) is 30.5 Å². The van der Waals surface area contributed by atoms with Crippen molar-refractivity contribution in [3.8, 4) is 0 Å². The molecular weight excluding hydrogens is 330 g/mol. The second-order valence-corrected chi connectivity index (χ2v) is 7.36. The Morgan fingerprint density at radius 1 is 1.23 bits per heavy atom. The number of carbonyl (C=O) groups excluding carboxylic acids is 1. The summed E-state index contributed by atoms with van der Waals surface area (Å²) in [7, 11) is 0. The predicted molar refractivity (Wildman–Crippen MR) is 96.8 cm³/mol. The van der Waals surface area contributed by atoms with E-state index < -0.39 is 0 Å². The second-order valence-electron chi connectivity index (χ2n) is 7.36. The molecule has 2 aromatic heterocycles. The Morgan fingerprint density at radius 3 is 2.85 bits per heavy atom. The van der Waals surface area contributed by atoms with Crippen LogP contribution in [0.2, 0.25) is 0 Å². The lowest BCUT2D eigenvalue weighted by molar-refractivity contribution is 0.0421. The summed E-state index contributed by atoms with van der Waals surface area (Å²) in [4.78, 5) is 22.0. The fraction of sp³-hybridized carbons (Fsp3) is 0.500. The molecule has 2 aliphatic rings. The van der Waals surface area contributed by atoms with E-state index in [1.54, 1.807) is 0 Å². The first kappa shape index (κ1) is 17.2. The van der Waals surface area contributed by atoms with Gasteiger partial charge in [0.2, 0.25) is 0 Å². The van der Waals surface area contributed by atoms with Crippen molar-refractivity contribution >= 4 is 5.91 Å². The molecule has 138 valence electrons. The maximum Gasteiger partial charge on any atom is 0.257 e. The molecule has 4 rings (SSSR count). The quantitative estimate of drug-likeness (QED) is 0.845. The molecule has 2 atom stereocenters. The van der Waals surface area contributed by atoms with Crippen molar-refractivity contribution < 1.29 is 13.9 Å². The number of carbonyl (C=O) groups is 1. The standard InChI is InChI=1S/C20H25N3O3/c1-14-7-19(15(2)26-14)20(24)23-9-16-8-22(11-18(23)13-25-12-16)10-17-5-3-4-6-21-17/h3-7,16,18H,8-13H2,1-2H3/t16-,18-/m0/s1. The lowest BCUT2D eigenvalue weighted by Gasteiger charge is -2.31. The summed E-state index contributed by atoms with van der Waals surface area (Å²) in [6.45, 7) is 8.26. The molecular formula is C20H25N3O3. The van der Waals surface area contributed by atoms with Crippen LogP contribution >= 0.6 is 0 Å². The van der Waals surface area contributed by atoms with Crippen molar-refractivity contribution in [2.24, 2.45) is 5.92 Å². The monoisotopic (exact) mass is 355 g/mol. The summed E-state index contributed by atoms with van der Waals surface area (Å²) in [6.07, 6.45) is 1.83. The fourth-order valence-electron chi connectivity index (χ4n) is 4.04. The summed E-state index contributed by atoms with van der Waals surface area (Å²) in [5, 5.41) is 0. The number of furan rings is 1. The fourth-order valence-corrected chi connectivity index (χ4v) is 4.04. The number of hydrogen-bond acceptors (Lipinski definition) is 5. The number of ether oxygens (including phenoxy) is 1. The molecule has 2 aromatic rings. The Hall–Kier alpha value is -2.18. The summed E-state index contributed by atoms with van der Waals surface area (Å²) < 4.78 is 11.4. The maximum absolute atomic E-state index is 13.2. The molecule has 0 aromatic carbocycles. The number of nitrogens with zero attached hydrogens (tertiary/aromatic N) is 3. The summed E-state index contributed by atoms with van der Waals surface area (Å²) >= 11 is 0. The van der Waals surface area contributed by atoms with Crippen LogP contribution < -0.4 is 0 Å². The highest BCUT2D eigenvalue weighted by Crippen LogP contribution is 2.24. The molecule has 2 saturated heterocycles. The Bertz CT molecular complexity index is 774. The molecule has 6 nitrogen and oxygen atoms in total. The minimum absolute atomic E-state index is 0.0494. The van der Waals surface area contributed by atoms with Crippen LogP contribution in [0.3, 0.4) is 0 Å². The van der Waals surface area contributed by atoms with Crippen LogP contribution in [0.1, 0.15) is 27.6 Å². The van der Waals surface area contributed by atoms with E-state index in [1.807, 2.05) is 43.1 Å². The van der Waals surface area contributed by atoms with Gasteiger partial charge in [-0.25, -0.2) is 0 Å². The molecule has 0 spiro atoms. The normalized spacial score (nSPS) is 23.7. The van der Waals surface area contributed by atoms with E-state index in [2.05, 4.69) is 16.0 Å². The van der Waals surface area contributed by atoms with Gasteiger partial charge >= 0.3 is 0 Å². The average Bonchev–Trinajstić information content (AvgIpc) is 2.77. The summed E-state index contributed by atoms with van der Waals surface area (Å²) in [6, 6.07) is 7.90. The molecule has 0 radical (unpaired) electrons. The van der Waals surface area contributed by atoms with Gasteiger partial charge in [-0.1, -0.05) is 6.07 Å². The molecule has 1 amide bonds. The Morgan fingerprint density at radius 2 is 2.12 bits per heavy atom.